The van der Waals surface area contributed by atoms with Gasteiger partial charge in [0.15, 0.2) is 0 Å². The largest absolute Gasteiger partial charge is 0.332 e. The Morgan fingerprint density at radius 1 is 1.16 bits per heavy atom. The number of rotatable bonds is 5. The summed E-state index contributed by atoms with van der Waals surface area (Å²) in [5.41, 5.74) is 0. The Balaban J connectivity index is 0.00000272. The van der Waals surface area contributed by atoms with E-state index in [1.807, 2.05) is 26.0 Å². The molecule has 0 bridgehead atoms. The average Bonchev–Trinajstić information content (AvgIpc) is 3.35. The lowest BCUT2D eigenvalue weighted by molar-refractivity contribution is -0.129. The van der Waals surface area contributed by atoms with Gasteiger partial charge in [0.1, 0.15) is 0 Å². The third kappa shape index (κ3) is 4.65. The fraction of sp³-hybridized carbons (Fsp3) is 0.714. The van der Waals surface area contributed by atoms with E-state index in [1.165, 1.54) is 35.5 Å². The van der Waals surface area contributed by atoms with Crippen molar-refractivity contribution < 1.29 is 18.0 Å². The molecule has 3 aliphatic heterocycles. The molecule has 0 aromatic carbocycles. The summed E-state index contributed by atoms with van der Waals surface area (Å²) in [5, 5.41) is 0. The normalized spacial score (nSPS) is 27.0. The van der Waals surface area contributed by atoms with Crippen molar-refractivity contribution in [3.63, 3.8) is 0 Å². The molecule has 4 rings (SSSR count). The van der Waals surface area contributed by atoms with Gasteiger partial charge in [0, 0.05) is 18.0 Å². The first kappa shape index (κ1) is 24.5. The molecule has 0 spiro atoms. The third-order valence-corrected chi connectivity index (χ3v) is 8.85. The zero-order valence-electron chi connectivity index (χ0n) is 18.3. The van der Waals surface area contributed by atoms with Gasteiger partial charge in [-0.05, 0) is 50.4 Å². The van der Waals surface area contributed by atoms with Crippen LogP contribution >= 0.6 is 23.7 Å². The predicted molar refractivity (Wildman–Crippen MR) is 124 cm³/mol. The van der Waals surface area contributed by atoms with Crippen LogP contribution in [0.3, 0.4) is 0 Å². The van der Waals surface area contributed by atoms with Crippen LogP contribution in [0.1, 0.15) is 54.1 Å². The Bertz CT molecular complexity index is 927. The Labute approximate surface area is 195 Å². The van der Waals surface area contributed by atoms with Crippen molar-refractivity contribution in [2.75, 3.05) is 25.9 Å². The van der Waals surface area contributed by atoms with Gasteiger partial charge in [-0.2, -0.15) is 0 Å². The standard InChI is InChI=1S/C21H31N3O4S2.ClH/c1-14(2)18-19-16(24(21(18)26)30(3,27)28)9-12-23(19)20(25)17-8-7-15(29-17)13-22-10-5-4-6-11-22;/h7-8,14,16,18-19H,4-6,9-13H2,1-3H3;1H/t16-,18+,19-;/m0./s1. The molecule has 0 saturated carbocycles. The molecule has 3 saturated heterocycles. The number of sulfonamides is 1. The second-order valence-corrected chi connectivity index (χ2v) is 12.1. The van der Waals surface area contributed by atoms with E-state index in [2.05, 4.69) is 4.90 Å². The predicted octanol–water partition coefficient (Wildman–Crippen LogP) is 2.81. The lowest BCUT2D eigenvalue weighted by Gasteiger charge is -2.29. The van der Waals surface area contributed by atoms with E-state index in [1.54, 1.807) is 4.90 Å². The van der Waals surface area contributed by atoms with E-state index in [0.717, 1.165) is 30.2 Å². The minimum absolute atomic E-state index is 0. The monoisotopic (exact) mass is 489 g/mol. The van der Waals surface area contributed by atoms with Gasteiger partial charge in [-0.3, -0.25) is 14.5 Å². The molecule has 3 aliphatic rings. The molecular formula is C21H32ClN3O4S2. The number of piperidine rings is 1. The van der Waals surface area contributed by atoms with Crippen LogP contribution in [0.15, 0.2) is 12.1 Å². The van der Waals surface area contributed by atoms with Crippen LogP contribution in [0.5, 0.6) is 0 Å². The Morgan fingerprint density at radius 3 is 2.45 bits per heavy atom. The summed E-state index contributed by atoms with van der Waals surface area (Å²) in [4.78, 5) is 32.4. The minimum atomic E-state index is -3.66. The lowest BCUT2D eigenvalue weighted by Crippen LogP contribution is -2.44. The number of carbonyl (C=O) groups excluding carboxylic acids is 2. The van der Waals surface area contributed by atoms with Crippen molar-refractivity contribution in [3.8, 4) is 0 Å². The fourth-order valence-electron chi connectivity index (χ4n) is 5.33. The molecule has 7 nitrogen and oxygen atoms in total. The van der Waals surface area contributed by atoms with Gasteiger partial charge >= 0.3 is 0 Å². The van der Waals surface area contributed by atoms with Gasteiger partial charge < -0.3 is 4.90 Å². The number of nitrogens with zero attached hydrogens (tertiary/aromatic N) is 3. The molecule has 10 heteroatoms. The maximum Gasteiger partial charge on any atom is 0.264 e. The van der Waals surface area contributed by atoms with Crippen LogP contribution in [0.2, 0.25) is 0 Å². The molecule has 0 N–H and O–H groups in total. The highest BCUT2D eigenvalue weighted by molar-refractivity contribution is 7.88. The molecule has 174 valence electrons. The van der Waals surface area contributed by atoms with Crippen LogP contribution in [0.4, 0.5) is 0 Å². The zero-order valence-corrected chi connectivity index (χ0v) is 20.8. The molecular weight excluding hydrogens is 458 g/mol. The number of fused-ring (bicyclic) bond motifs is 1. The van der Waals surface area contributed by atoms with Gasteiger partial charge in [-0.1, -0.05) is 20.3 Å². The summed E-state index contributed by atoms with van der Waals surface area (Å²) in [5.74, 6) is -0.963. The maximum absolute atomic E-state index is 13.4. The molecule has 0 aliphatic carbocycles. The zero-order chi connectivity index (χ0) is 21.6. The molecule has 3 fully saturated rings. The van der Waals surface area contributed by atoms with Crippen molar-refractivity contribution in [3.05, 3.63) is 21.9 Å². The van der Waals surface area contributed by atoms with Crippen molar-refractivity contribution in [1.29, 1.82) is 0 Å². The third-order valence-electron chi connectivity index (χ3n) is 6.63. The highest BCUT2D eigenvalue weighted by Gasteiger charge is 2.58. The van der Waals surface area contributed by atoms with Crippen LogP contribution in [-0.4, -0.2) is 72.3 Å². The molecule has 31 heavy (non-hydrogen) atoms. The van der Waals surface area contributed by atoms with Gasteiger partial charge in [0.25, 0.3) is 5.91 Å². The topological polar surface area (TPSA) is 78.0 Å². The van der Waals surface area contributed by atoms with Gasteiger partial charge in [0.2, 0.25) is 15.9 Å². The number of carbonyl (C=O) groups is 2. The van der Waals surface area contributed by atoms with Crippen LogP contribution in [0.25, 0.3) is 0 Å². The van der Waals surface area contributed by atoms with Gasteiger partial charge in [-0.15, -0.1) is 23.7 Å². The average molecular weight is 490 g/mol. The number of hydrogen-bond acceptors (Lipinski definition) is 6. The first-order valence-electron chi connectivity index (χ1n) is 10.8. The van der Waals surface area contributed by atoms with E-state index in [4.69, 9.17) is 0 Å². The first-order valence-corrected chi connectivity index (χ1v) is 13.5. The first-order chi connectivity index (χ1) is 14.2. The number of hydrogen-bond donors (Lipinski definition) is 0. The quantitative estimate of drug-likeness (QED) is 0.635. The summed E-state index contributed by atoms with van der Waals surface area (Å²) < 4.78 is 25.6. The van der Waals surface area contributed by atoms with E-state index >= 15 is 0 Å². The van der Waals surface area contributed by atoms with Crippen LogP contribution in [0, 0.1) is 11.8 Å². The Hall–Kier alpha value is -1.16. The molecule has 4 heterocycles. The van der Waals surface area contributed by atoms with E-state index < -0.39 is 22.0 Å². The SMILES string of the molecule is CC(C)[C@H]1C(=O)N(S(C)(=O)=O)[C@H]2CCN(C(=O)c3ccc(CN4CCCCC4)s3)[C@H]12.Cl. The van der Waals surface area contributed by atoms with Crippen molar-refractivity contribution in [2.45, 2.75) is 58.2 Å². The van der Waals surface area contributed by atoms with Gasteiger partial charge in [0.05, 0.1) is 29.1 Å². The van der Waals surface area contributed by atoms with Crippen LogP contribution in [-0.2, 0) is 21.4 Å². The molecule has 1 aromatic rings. The summed E-state index contributed by atoms with van der Waals surface area (Å²) in [6, 6.07) is 3.08. The highest BCUT2D eigenvalue weighted by atomic mass is 35.5. The maximum atomic E-state index is 13.4. The highest BCUT2D eigenvalue weighted by Crippen LogP contribution is 2.42. The van der Waals surface area contributed by atoms with E-state index in [0.29, 0.717) is 17.8 Å². The van der Waals surface area contributed by atoms with Crippen molar-refractivity contribution in [1.82, 2.24) is 14.1 Å². The molecule has 3 atom stereocenters. The fourth-order valence-corrected chi connectivity index (χ4v) is 7.50. The summed E-state index contributed by atoms with van der Waals surface area (Å²) in [6.45, 7) is 7.42. The van der Waals surface area contributed by atoms with Gasteiger partial charge in [-0.25, -0.2) is 12.7 Å². The number of amides is 2. The van der Waals surface area contributed by atoms with Crippen molar-refractivity contribution in [2.24, 2.45) is 11.8 Å². The second kappa shape index (κ2) is 9.37. The summed E-state index contributed by atoms with van der Waals surface area (Å²) >= 11 is 1.52. The number of thiophene rings is 1. The number of likely N-dealkylation sites (tertiary alicyclic amines) is 2. The molecule has 0 radical (unpaired) electrons. The number of halogens is 1. The van der Waals surface area contributed by atoms with Crippen molar-refractivity contribution >= 4 is 45.6 Å². The molecule has 2 amide bonds. The smallest absolute Gasteiger partial charge is 0.264 e. The Kier molecular flexibility index (Phi) is 7.40. The van der Waals surface area contributed by atoms with E-state index in [-0.39, 0.29) is 36.2 Å². The lowest BCUT2D eigenvalue weighted by atomic mass is 9.88. The van der Waals surface area contributed by atoms with Crippen LogP contribution < -0.4 is 0 Å². The van der Waals surface area contributed by atoms with E-state index in [9.17, 15) is 18.0 Å². The molecule has 1 aromatic heterocycles. The Morgan fingerprint density at radius 2 is 1.84 bits per heavy atom. The second-order valence-electron chi connectivity index (χ2n) is 9.11. The minimum Gasteiger partial charge on any atom is -0.332 e. The summed E-state index contributed by atoms with van der Waals surface area (Å²) in [6.07, 6.45) is 5.35. The molecule has 0 unspecified atom stereocenters. The summed E-state index contributed by atoms with van der Waals surface area (Å²) in [7, 11) is -3.66.